The molecule has 134 valence electrons. The highest BCUT2D eigenvalue weighted by molar-refractivity contribution is 7.16. The number of fused-ring (bicyclic) bond motifs is 3. The summed E-state index contributed by atoms with van der Waals surface area (Å²) in [7, 11) is 1.69. The van der Waals surface area contributed by atoms with Crippen molar-refractivity contribution in [3.8, 4) is 17.0 Å². The van der Waals surface area contributed by atoms with Crippen molar-refractivity contribution in [3.05, 3.63) is 28.6 Å². The van der Waals surface area contributed by atoms with Crippen molar-refractivity contribution in [2.45, 2.75) is 58.3 Å². The molecule has 5 heteroatoms. The molecule has 1 aliphatic carbocycles. The first-order valence-electron chi connectivity index (χ1n) is 9.18. The molecule has 1 heterocycles. The van der Waals surface area contributed by atoms with Gasteiger partial charge in [0.25, 0.3) is 0 Å². The van der Waals surface area contributed by atoms with Crippen LogP contribution in [0.3, 0.4) is 0 Å². The molecule has 0 atom stereocenters. The Morgan fingerprint density at radius 2 is 2.08 bits per heavy atom. The summed E-state index contributed by atoms with van der Waals surface area (Å²) in [5.41, 5.74) is 3.46. The van der Waals surface area contributed by atoms with Gasteiger partial charge in [-0.05, 0) is 43.0 Å². The van der Waals surface area contributed by atoms with Crippen molar-refractivity contribution < 1.29 is 9.53 Å². The van der Waals surface area contributed by atoms with Crippen molar-refractivity contribution in [2.24, 2.45) is 0 Å². The van der Waals surface area contributed by atoms with Crippen LogP contribution in [-0.2, 0) is 17.6 Å². The van der Waals surface area contributed by atoms with Crippen molar-refractivity contribution in [1.82, 2.24) is 4.98 Å². The monoisotopic (exact) mass is 358 g/mol. The van der Waals surface area contributed by atoms with Crippen LogP contribution in [0, 0.1) is 0 Å². The Hall–Kier alpha value is -1.88. The summed E-state index contributed by atoms with van der Waals surface area (Å²) in [6.07, 6.45) is 8.34. The van der Waals surface area contributed by atoms with E-state index in [-0.39, 0.29) is 5.91 Å². The standard InChI is InChI=1S/C20H26N2O2S/c1-3-4-5-6-7-8-18(23)21-20-22-19-16-11-10-15(24-2)13-14(16)9-12-17(19)25-20/h10-11,13H,3-9,12H2,1-2H3,(H,21,22,23). The maximum atomic E-state index is 12.1. The topological polar surface area (TPSA) is 51.2 Å². The predicted molar refractivity (Wildman–Crippen MR) is 104 cm³/mol. The van der Waals surface area contributed by atoms with E-state index in [1.807, 2.05) is 6.07 Å². The Bertz CT molecular complexity index is 739. The highest BCUT2D eigenvalue weighted by Crippen LogP contribution is 2.39. The summed E-state index contributed by atoms with van der Waals surface area (Å²) >= 11 is 1.61. The molecule has 1 aromatic carbocycles. The normalized spacial score (nSPS) is 12.4. The van der Waals surface area contributed by atoms with E-state index in [9.17, 15) is 4.79 Å². The number of hydrogen-bond acceptors (Lipinski definition) is 4. The minimum absolute atomic E-state index is 0.0811. The zero-order valence-corrected chi connectivity index (χ0v) is 15.9. The van der Waals surface area contributed by atoms with Gasteiger partial charge in [0.05, 0.1) is 12.8 Å². The lowest BCUT2D eigenvalue weighted by atomic mass is 9.93. The van der Waals surface area contributed by atoms with Gasteiger partial charge in [-0.2, -0.15) is 0 Å². The largest absolute Gasteiger partial charge is 0.497 e. The van der Waals surface area contributed by atoms with Gasteiger partial charge in [0.15, 0.2) is 5.13 Å². The molecule has 1 aromatic heterocycles. The van der Waals surface area contributed by atoms with Crippen molar-refractivity contribution in [1.29, 1.82) is 0 Å². The second-order valence-electron chi connectivity index (χ2n) is 6.53. The number of unbranched alkanes of at least 4 members (excludes halogenated alkanes) is 4. The van der Waals surface area contributed by atoms with Crippen molar-refractivity contribution in [3.63, 3.8) is 0 Å². The fraction of sp³-hybridized carbons (Fsp3) is 0.500. The van der Waals surface area contributed by atoms with E-state index >= 15 is 0 Å². The van der Waals surface area contributed by atoms with E-state index in [1.54, 1.807) is 18.4 Å². The van der Waals surface area contributed by atoms with Crippen LogP contribution in [0.25, 0.3) is 11.3 Å². The number of nitrogens with one attached hydrogen (secondary N) is 1. The summed E-state index contributed by atoms with van der Waals surface area (Å²) in [6, 6.07) is 6.14. The number of carbonyl (C=O) groups excluding carboxylic acids is 1. The number of ether oxygens (including phenoxy) is 1. The third-order valence-corrected chi connectivity index (χ3v) is 5.67. The molecule has 0 radical (unpaired) electrons. The number of amides is 1. The van der Waals surface area contributed by atoms with Crippen LogP contribution in [0.2, 0.25) is 0 Å². The molecule has 0 saturated carbocycles. The zero-order chi connectivity index (χ0) is 17.6. The molecule has 1 aliphatic rings. The van der Waals surface area contributed by atoms with E-state index in [0.717, 1.165) is 42.3 Å². The average molecular weight is 359 g/mol. The summed E-state index contributed by atoms with van der Waals surface area (Å²) in [4.78, 5) is 18.1. The molecule has 2 aromatic rings. The Labute approximate surface area is 153 Å². The Morgan fingerprint density at radius 1 is 1.24 bits per heavy atom. The van der Waals surface area contributed by atoms with Crippen LogP contribution in [0.5, 0.6) is 5.75 Å². The Morgan fingerprint density at radius 3 is 2.88 bits per heavy atom. The van der Waals surface area contributed by atoms with Crippen molar-refractivity contribution in [2.75, 3.05) is 12.4 Å². The Balaban J connectivity index is 1.62. The highest BCUT2D eigenvalue weighted by atomic mass is 32.1. The van der Waals surface area contributed by atoms with Gasteiger partial charge in [-0.1, -0.05) is 32.6 Å². The fourth-order valence-corrected chi connectivity index (χ4v) is 4.23. The van der Waals surface area contributed by atoms with E-state index in [0.29, 0.717) is 6.42 Å². The molecule has 1 amide bonds. The maximum Gasteiger partial charge on any atom is 0.226 e. The lowest BCUT2D eigenvalue weighted by molar-refractivity contribution is -0.116. The number of methoxy groups -OCH3 is 1. The number of aryl methyl sites for hydroxylation is 2. The smallest absolute Gasteiger partial charge is 0.226 e. The molecule has 0 bridgehead atoms. The van der Waals surface area contributed by atoms with Crippen LogP contribution in [0.1, 0.15) is 55.9 Å². The first-order valence-corrected chi connectivity index (χ1v) is 9.99. The third kappa shape index (κ3) is 4.40. The molecular formula is C20H26N2O2S. The molecule has 25 heavy (non-hydrogen) atoms. The van der Waals surface area contributed by atoms with E-state index in [1.165, 1.54) is 35.3 Å². The molecule has 0 spiro atoms. The fourth-order valence-electron chi connectivity index (χ4n) is 3.24. The van der Waals surface area contributed by atoms with Crippen LogP contribution in [-0.4, -0.2) is 18.0 Å². The van der Waals surface area contributed by atoms with Crippen LogP contribution in [0.15, 0.2) is 18.2 Å². The summed E-state index contributed by atoms with van der Waals surface area (Å²) in [5.74, 6) is 0.964. The third-order valence-electron chi connectivity index (χ3n) is 4.64. The summed E-state index contributed by atoms with van der Waals surface area (Å²) in [5, 5.41) is 3.72. The van der Waals surface area contributed by atoms with E-state index < -0.39 is 0 Å². The first kappa shape index (κ1) is 17.9. The number of anilines is 1. The maximum absolute atomic E-state index is 12.1. The van der Waals surface area contributed by atoms with E-state index in [2.05, 4.69) is 24.4 Å². The molecular weight excluding hydrogens is 332 g/mol. The number of benzene rings is 1. The Kier molecular flexibility index (Phi) is 6.08. The molecule has 4 nitrogen and oxygen atoms in total. The van der Waals surface area contributed by atoms with Gasteiger partial charge in [0.1, 0.15) is 5.75 Å². The van der Waals surface area contributed by atoms with Gasteiger partial charge >= 0.3 is 0 Å². The second-order valence-corrected chi connectivity index (χ2v) is 7.61. The molecule has 0 fully saturated rings. The molecule has 0 unspecified atom stereocenters. The van der Waals surface area contributed by atoms with Gasteiger partial charge in [-0.3, -0.25) is 4.79 Å². The highest BCUT2D eigenvalue weighted by Gasteiger charge is 2.21. The number of hydrogen-bond donors (Lipinski definition) is 1. The van der Waals surface area contributed by atoms with Crippen molar-refractivity contribution >= 4 is 22.4 Å². The number of carbonyl (C=O) groups is 1. The number of nitrogens with zero attached hydrogens (tertiary/aromatic N) is 1. The predicted octanol–water partition coefficient (Wildman–Crippen LogP) is 5.22. The molecule has 3 rings (SSSR count). The number of aromatic nitrogens is 1. The van der Waals surface area contributed by atoms with E-state index in [4.69, 9.17) is 9.72 Å². The number of rotatable bonds is 8. The average Bonchev–Trinajstić information content (AvgIpc) is 3.03. The zero-order valence-electron chi connectivity index (χ0n) is 15.1. The van der Waals surface area contributed by atoms with Gasteiger partial charge in [-0.25, -0.2) is 4.98 Å². The lowest BCUT2D eigenvalue weighted by Crippen LogP contribution is -2.10. The summed E-state index contributed by atoms with van der Waals surface area (Å²) < 4.78 is 5.31. The molecule has 0 saturated heterocycles. The van der Waals surface area contributed by atoms with Gasteiger partial charge in [0, 0.05) is 16.9 Å². The lowest BCUT2D eigenvalue weighted by Gasteiger charge is -2.15. The number of thiazole rings is 1. The molecule has 1 N–H and O–H groups in total. The second kappa shape index (κ2) is 8.48. The van der Waals surface area contributed by atoms with Crippen LogP contribution in [0.4, 0.5) is 5.13 Å². The van der Waals surface area contributed by atoms with Crippen LogP contribution < -0.4 is 10.1 Å². The van der Waals surface area contributed by atoms with Gasteiger partial charge in [-0.15, -0.1) is 11.3 Å². The summed E-state index contributed by atoms with van der Waals surface area (Å²) in [6.45, 7) is 2.20. The minimum atomic E-state index is 0.0811. The molecule has 0 aliphatic heterocycles. The van der Waals surface area contributed by atoms with Gasteiger partial charge in [0.2, 0.25) is 5.91 Å². The minimum Gasteiger partial charge on any atom is -0.497 e. The quantitative estimate of drug-likeness (QED) is 0.659. The first-order chi connectivity index (χ1) is 12.2. The van der Waals surface area contributed by atoms with Crippen LogP contribution >= 0.6 is 11.3 Å². The SMILES string of the molecule is CCCCCCCC(=O)Nc1nc2c(s1)CCc1cc(OC)ccc1-2. The van der Waals surface area contributed by atoms with Gasteiger partial charge < -0.3 is 10.1 Å².